The van der Waals surface area contributed by atoms with Crippen LogP contribution < -0.4 is 10.5 Å². The van der Waals surface area contributed by atoms with Crippen molar-refractivity contribution in [3.05, 3.63) is 47.3 Å². The predicted octanol–water partition coefficient (Wildman–Crippen LogP) is 2.30. The second-order valence-electron chi connectivity index (χ2n) is 5.59. The standard InChI is InChI=1S/C15H21N3O3S/c1-10(2)15-8-13(21-18-15)9-17-11(3)12-4-6-14(7-5-12)22(16,19)20/h4-8,10-11,17H,9H2,1-3H3,(H2,16,19,20). The third kappa shape index (κ3) is 4.16. The summed E-state index contributed by atoms with van der Waals surface area (Å²) in [5.41, 5.74) is 1.90. The summed E-state index contributed by atoms with van der Waals surface area (Å²) in [5, 5.41) is 12.4. The van der Waals surface area contributed by atoms with Crippen LogP contribution in [0.2, 0.25) is 0 Å². The number of sulfonamides is 1. The van der Waals surface area contributed by atoms with Crippen LogP contribution in [0.4, 0.5) is 0 Å². The number of nitrogens with two attached hydrogens (primary N) is 1. The highest BCUT2D eigenvalue weighted by Gasteiger charge is 2.11. The van der Waals surface area contributed by atoms with Gasteiger partial charge in [0.1, 0.15) is 0 Å². The van der Waals surface area contributed by atoms with Gasteiger partial charge in [-0.25, -0.2) is 13.6 Å². The molecular formula is C15H21N3O3S. The third-order valence-electron chi connectivity index (χ3n) is 3.46. The molecule has 0 saturated heterocycles. The topological polar surface area (TPSA) is 98.2 Å². The number of benzene rings is 1. The van der Waals surface area contributed by atoms with Gasteiger partial charge in [0, 0.05) is 12.1 Å². The van der Waals surface area contributed by atoms with Gasteiger partial charge in [-0.05, 0) is 30.5 Å². The zero-order chi connectivity index (χ0) is 16.3. The fourth-order valence-corrected chi connectivity index (χ4v) is 2.52. The summed E-state index contributed by atoms with van der Waals surface area (Å²) in [6, 6.07) is 8.49. The lowest BCUT2D eigenvalue weighted by Crippen LogP contribution is -2.18. The van der Waals surface area contributed by atoms with E-state index in [4.69, 9.17) is 9.66 Å². The van der Waals surface area contributed by atoms with E-state index < -0.39 is 10.0 Å². The van der Waals surface area contributed by atoms with Crippen LogP contribution in [0.15, 0.2) is 39.8 Å². The van der Waals surface area contributed by atoms with Crippen molar-refractivity contribution in [3.63, 3.8) is 0 Å². The minimum Gasteiger partial charge on any atom is -0.360 e. The van der Waals surface area contributed by atoms with E-state index in [9.17, 15) is 8.42 Å². The maximum Gasteiger partial charge on any atom is 0.238 e. The number of nitrogens with zero attached hydrogens (tertiary/aromatic N) is 1. The largest absolute Gasteiger partial charge is 0.360 e. The Balaban J connectivity index is 1.98. The normalized spacial score (nSPS) is 13.5. The van der Waals surface area contributed by atoms with Crippen LogP contribution in [0.3, 0.4) is 0 Å². The molecule has 0 radical (unpaired) electrons. The average Bonchev–Trinajstić information content (AvgIpc) is 2.93. The zero-order valence-electron chi connectivity index (χ0n) is 12.9. The van der Waals surface area contributed by atoms with Crippen LogP contribution in [0, 0.1) is 0 Å². The highest BCUT2D eigenvalue weighted by Crippen LogP contribution is 2.17. The molecule has 0 bridgehead atoms. The van der Waals surface area contributed by atoms with Gasteiger partial charge in [-0.3, -0.25) is 0 Å². The number of aromatic nitrogens is 1. The van der Waals surface area contributed by atoms with E-state index in [0.29, 0.717) is 12.5 Å². The Bertz CT molecular complexity index is 721. The number of primary sulfonamides is 1. The monoisotopic (exact) mass is 323 g/mol. The predicted molar refractivity (Wildman–Crippen MR) is 83.7 cm³/mol. The van der Waals surface area contributed by atoms with Crippen LogP contribution in [0.25, 0.3) is 0 Å². The van der Waals surface area contributed by atoms with E-state index in [2.05, 4.69) is 24.3 Å². The van der Waals surface area contributed by atoms with Gasteiger partial charge in [-0.1, -0.05) is 31.1 Å². The maximum atomic E-state index is 11.2. The molecule has 0 fully saturated rings. The van der Waals surface area contributed by atoms with Crippen molar-refractivity contribution in [1.82, 2.24) is 10.5 Å². The molecule has 1 unspecified atom stereocenters. The van der Waals surface area contributed by atoms with Gasteiger partial charge < -0.3 is 9.84 Å². The first-order valence-corrected chi connectivity index (χ1v) is 8.63. The Morgan fingerprint density at radius 3 is 2.36 bits per heavy atom. The van der Waals surface area contributed by atoms with Crippen LogP contribution in [-0.2, 0) is 16.6 Å². The SMILES string of the molecule is CC(C)c1cc(CNC(C)c2ccc(S(N)(=O)=O)cc2)on1. The van der Waals surface area contributed by atoms with Gasteiger partial charge in [-0.15, -0.1) is 0 Å². The van der Waals surface area contributed by atoms with Gasteiger partial charge in [0.05, 0.1) is 17.1 Å². The molecule has 22 heavy (non-hydrogen) atoms. The minimum atomic E-state index is -3.65. The van der Waals surface area contributed by atoms with Crippen molar-refractivity contribution < 1.29 is 12.9 Å². The quantitative estimate of drug-likeness (QED) is 0.850. The molecule has 1 aromatic carbocycles. The molecule has 120 valence electrons. The number of nitrogens with one attached hydrogen (secondary N) is 1. The molecular weight excluding hydrogens is 302 g/mol. The van der Waals surface area contributed by atoms with Gasteiger partial charge in [0.2, 0.25) is 10.0 Å². The molecule has 7 heteroatoms. The summed E-state index contributed by atoms with van der Waals surface area (Å²) in [6.45, 7) is 6.67. The molecule has 0 spiro atoms. The van der Waals surface area contributed by atoms with E-state index in [0.717, 1.165) is 17.0 Å². The first kappa shape index (κ1) is 16.7. The fourth-order valence-electron chi connectivity index (χ4n) is 2.00. The van der Waals surface area contributed by atoms with Crippen molar-refractivity contribution in [2.45, 2.75) is 44.2 Å². The Labute approximate surface area is 130 Å². The Hall–Kier alpha value is -1.70. The summed E-state index contributed by atoms with van der Waals surface area (Å²) in [4.78, 5) is 0.111. The average molecular weight is 323 g/mol. The van der Waals surface area contributed by atoms with Crippen LogP contribution in [0.1, 0.15) is 49.7 Å². The summed E-state index contributed by atoms with van der Waals surface area (Å²) in [7, 11) is -3.65. The number of hydrogen-bond donors (Lipinski definition) is 2. The van der Waals surface area contributed by atoms with Crippen LogP contribution in [-0.4, -0.2) is 13.6 Å². The Morgan fingerprint density at radius 2 is 1.86 bits per heavy atom. The molecule has 0 amide bonds. The summed E-state index contributed by atoms with van der Waals surface area (Å²) < 4.78 is 27.7. The van der Waals surface area contributed by atoms with Crippen molar-refractivity contribution in [2.75, 3.05) is 0 Å². The molecule has 1 heterocycles. The second kappa shape index (κ2) is 6.60. The van der Waals surface area contributed by atoms with Crippen molar-refractivity contribution in [1.29, 1.82) is 0 Å². The van der Waals surface area contributed by atoms with E-state index >= 15 is 0 Å². The molecule has 2 rings (SSSR count). The lowest BCUT2D eigenvalue weighted by molar-refractivity contribution is 0.359. The van der Waals surface area contributed by atoms with Crippen molar-refractivity contribution in [3.8, 4) is 0 Å². The van der Waals surface area contributed by atoms with Crippen molar-refractivity contribution in [2.24, 2.45) is 5.14 Å². The first-order valence-electron chi connectivity index (χ1n) is 7.09. The molecule has 0 aliphatic carbocycles. The van der Waals surface area contributed by atoms with Gasteiger partial charge in [0.15, 0.2) is 5.76 Å². The lowest BCUT2D eigenvalue weighted by Gasteiger charge is -2.13. The first-order chi connectivity index (χ1) is 10.3. The van der Waals surface area contributed by atoms with E-state index in [1.165, 1.54) is 12.1 Å². The Kier molecular flexibility index (Phi) is 5.00. The van der Waals surface area contributed by atoms with E-state index in [1.807, 2.05) is 13.0 Å². The fraction of sp³-hybridized carbons (Fsp3) is 0.400. The summed E-state index contributed by atoms with van der Waals surface area (Å²) in [5.74, 6) is 1.11. The number of hydrogen-bond acceptors (Lipinski definition) is 5. The lowest BCUT2D eigenvalue weighted by atomic mass is 10.1. The van der Waals surface area contributed by atoms with Crippen molar-refractivity contribution >= 4 is 10.0 Å². The minimum absolute atomic E-state index is 0.0436. The molecule has 1 aromatic heterocycles. The van der Waals surface area contributed by atoms with Gasteiger partial charge in [-0.2, -0.15) is 0 Å². The summed E-state index contributed by atoms with van der Waals surface area (Å²) >= 11 is 0. The second-order valence-corrected chi connectivity index (χ2v) is 7.15. The van der Waals surface area contributed by atoms with Crippen LogP contribution >= 0.6 is 0 Å². The molecule has 3 N–H and O–H groups in total. The smallest absolute Gasteiger partial charge is 0.238 e. The van der Waals surface area contributed by atoms with E-state index in [1.54, 1.807) is 12.1 Å². The molecule has 2 aromatic rings. The zero-order valence-corrected chi connectivity index (χ0v) is 13.7. The van der Waals surface area contributed by atoms with Gasteiger partial charge in [0.25, 0.3) is 0 Å². The third-order valence-corrected chi connectivity index (χ3v) is 4.39. The molecule has 1 atom stereocenters. The molecule has 0 aliphatic rings. The summed E-state index contributed by atoms with van der Waals surface area (Å²) in [6.07, 6.45) is 0. The molecule has 6 nitrogen and oxygen atoms in total. The highest BCUT2D eigenvalue weighted by molar-refractivity contribution is 7.89. The number of rotatable bonds is 6. The highest BCUT2D eigenvalue weighted by atomic mass is 32.2. The maximum absolute atomic E-state index is 11.2. The molecule has 0 saturated carbocycles. The van der Waals surface area contributed by atoms with E-state index in [-0.39, 0.29) is 10.9 Å². The van der Waals surface area contributed by atoms with Gasteiger partial charge >= 0.3 is 0 Å². The van der Waals surface area contributed by atoms with Crippen LogP contribution in [0.5, 0.6) is 0 Å². The molecule has 0 aliphatic heterocycles. The Morgan fingerprint density at radius 1 is 1.23 bits per heavy atom.